The molecule has 0 amide bonds. The molecule has 0 aliphatic carbocycles. The van der Waals surface area contributed by atoms with Gasteiger partial charge >= 0.3 is 0 Å². The van der Waals surface area contributed by atoms with Gasteiger partial charge in [0.05, 0.1) is 10.9 Å². The fourth-order valence-electron chi connectivity index (χ4n) is 2.29. The van der Waals surface area contributed by atoms with Gasteiger partial charge in [0.15, 0.2) is 5.82 Å². The van der Waals surface area contributed by atoms with Gasteiger partial charge in [-0.05, 0) is 49.2 Å². The predicted molar refractivity (Wildman–Crippen MR) is 84.4 cm³/mol. The first-order valence-corrected chi connectivity index (χ1v) is 7.11. The number of rotatable bonds is 1. The van der Waals surface area contributed by atoms with Crippen LogP contribution in [0.1, 0.15) is 11.1 Å². The standard InChI is InChI=1S/C16H11Cl2FN2/c1-8-5-10(7-11(17)6-8)16-20-14-9(2)3-4-12(19)13(14)15(18)21-16/h3-7H,1-2H3. The Bertz CT molecular complexity index is 842. The average Bonchev–Trinajstić information content (AvgIpc) is 2.41. The maximum Gasteiger partial charge on any atom is 0.161 e. The first kappa shape index (κ1) is 14.2. The molecule has 0 saturated heterocycles. The Balaban J connectivity index is 2.32. The van der Waals surface area contributed by atoms with Gasteiger partial charge in [-0.15, -0.1) is 0 Å². The second-order valence-electron chi connectivity index (χ2n) is 4.94. The van der Waals surface area contributed by atoms with E-state index in [1.54, 1.807) is 12.1 Å². The molecule has 0 bridgehead atoms. The zero-order chi connectivity index (χ0) is 15.1. The van der Waals surface area contributed by atoms with Crippen LogP contribution in [0, 0.1) is 19.7 Å². The summed E-state index contributed by atoms with van der Waals surface area (Å²) in [7, 11) is 0. The molecule has 0 spiro atoms. The van der Waals surface area contributed by atoms with Crippen LogP contribution in [0.4, 0.5) is 4.39 Å². The van der Waals surface area contributed by atoms with Crippen molar-refractivity contribution >= 4 is 34.1 Å². The molecule has 5 heteroatoms. The van der Waals surface area contributed by atoms with Crippen molar-refractivity contribution in [2.45, 2.75) is 13.8 Å². The first-order chi connectivity index (χ1) is 9.95. The minimum atomic E-state index is -0.422. The minimum Gasteiger partial charge on any atom is -0.228 e. The number of fused-ring (bicyclic) bond motifs is 1. The summed E-state index contributed by atoms with van der Waals surface area (Å²) in [5.41, 5.74) is 3.11. The van der Waals surface area contributed by atoms with Gasteiger partial charge < -0.3 is 0 Å². The van der Waals surface area contributed by atoms with E-state index in [0.29, 0.717) is 16.4 Å². The molecule has 0 aliphatic rings. The Morgan fingerprint density at radius 1 is 1.00 bits per heavy atom. The summed E-state index contributed by atoms with van der Waals surface area (Å²) in [6, 6.07) is 8.57. The van der Waals surface area contributed by atoms with Crippen molar-refractivity contribution in [3.8, 4) is 11.4 Å². The SMILES string of the molecule is Cc1cc(Cl)cc(-c2nc(Cl)c3c(F)ccc(C)c3n2)c1. The van der Waals surface area contributed by atoms with Crippen LogP contribution in [0.3, 0.4) is 0 Å². The Kier molecular flexibility index (Phi) is 3.56. The topological polar surface area (TPSA) is 25.8 Å². The van der Waals surface area contributed by atoms with Gasteiger partial charge in [0.25, 0.3) is 0 Å². The number of aromatic nitrogens is 2. The van der Waals surface area contributed by atoms with Gasteiger partial charge in [-0.25, -0.2) is 14.4 Å². The van der Waals surface area contributed by atoms with Gasteiger partial charge in [0.1, 0.15) is 11.0 Å². The molecular formula is C16H11Cl2FN2. The van der Waals surface area contributed by atoms with Crippen LogP contribution in [0.25, 0.3) is 22.3 Å². The smallest absolute Gasteiger partial charge is 0.161 e. The van der Waals surface area contributed by atoms with Crippen LogP contribution in [-0.2, 0) is 0 Å². The Labute approximate surface area is 131 Å². The normalized spacial score (nSPS) is 11.1. The lowest BCUT2D eigenvalue weighted by Crippen LogP contribution is -1.96. The van der Waals surface area contributed by atoms with Crippen LogP contribution in [0.15, 0.2) is 30.3 Å². The number of hydrogen-bond donors (Lipinski definition) is 0. The Morgan fingerprint density at radius 2 is 1.76 bits per heavy atom. The highest BCUT2D eigenvalue weighted by molar-refractivity contribution is 6.34. The maximum absolute atomic E-state index is 13.9. The van der Waals surface area contributed by atoms with Crippen molar-refractivity contribution in [2.24, 2.45) is 0 Å². The summed E-state index contributed by atoms with van der Waals surface area (Å²) in [5.74, 6) is 0.0150. The molecule has 0 radical (unpaired) electrons. The summed E-state index contributed by atoms with van der Waals surface area (Å²) >= 11 is 12.2. The van der Waals surface area contributed by atoms with E-state index in [1.165, 1.54) is 6.07 Å². The third-order valence-corrected chi connectivity index (χ3v) is 3.75. The molecule has 3 rings (SSSR count). The molecule has 0 saturated carbocycles. The highest BCUT2D eigenvalue weighted by atomic mass is 35.5. The molecule has 1 aromatic heterocycles. The lowest BCUT2D eigenvalue weighted by atomic mass is 10.1. The van der Waals surface area contributed by atoms with Crippen molar-refractivity contribution in [3.05, 3.63) is 57.5 Å². The third-order valence-electron chi connectivity index (χ3n) is 3.26. The highest BCUT2D eigenvalue weighted by Crippen LogP contribution is 2.30. The van der Waals surface area contributed by atoms with Crippen LogP contribution in [-0.4, -0.2) is 9.97 Å². The van der Waals surface area contributed by atoms with Crippen molar-refractivity contribution in [1.29, 1.82) is 0 Å². The maximum atomic E-state index is 13.9. The van der Waals surface area contributed by atoms with Crippen molar-refractivity contribution < 1.29 is 4.39 Å². The number of aryl methyl sites for hydroxylation is 2. The highest BCUT2D eigenvalue weighted by Gasteiger charge is 2.14. The summed E-state index contributed by atoms with van der Waals surface area (Å²) in [4.78, 5) is 8.67. The first-order valence-electron chi connectivity index (χ1n) is 6.35. The van der Waals surface area contributed by atoms with Crippen molar-refractivity contribution in [1.82, 2.24) is 9.97 Å². The molecule has 0 fully saturated rings. The average molecular weight is 321 g/mol. The van der Waals surface area contributed by atoms with Crippen LogP contribution in [0.5, 0.6) is 0 Å². The molecule has 2 aromatic carbocycles. The van der Waals surface area contributed by atoms with E-state index in [-0.39, 0.29) is 10.5 Å². The van der Waals surface area contributed by atoms with Gasteiger partial charge in [0, 0.05) is 10.6 Å². The van der Waals surface area contributed by atoms with Gasteiger partial charge in [0.2, 0.25) is 0 Å². The lowest BCUT2D eigenvalue weighted by molar-refractivity contribution is 0.639. The van der Waals surface area contributed by atoms with Gasteiger partial charge in [-0.1, -0.05) is 29.3 Å². The van der Waals surface area contributed by atoms with Gasteiger partial charge in [-0.2, -0.15) is 0 Å². The van der Waals surface area contributed by atoms with Crippen LogP contribution < -0.4 is 0 Å². The molecule has 1 heterocycles. The second-order valence-corrected chi connectivity index (χ2v) is 5.74. The number of nitrogens with zero attached hydrogens (tertiary/aromatic N) is 2. The van der Waals surface area contributed by atoms with Crippen LogP contribution in [0.2, 0.25) is 10.2 Å². The summed E-state index contributed by atoms with van der Waals surface area (Å²) in [6.45, 7) is 3.79. The molecular weight excluding hydrogens is 310 g/mol. The minimum absolute atomic E-state index is 0.105. The van der Waals surface area contributed by atoms with Crippen molar-refractivity contribution in [2.75, 3.05) is 0 Å². The number of benzene rings is 2. The monoisotopic (exact) mass is 320 g/mol. The summed E-state index contributed by atoms with van der Waals surface area (Å²) in [6.07, 6.45) is 0. The van der Waals surface area contributed by atoms with E-state index in [9.17, 15) is 4.39 Å². The predicted octanol–water partition coefficient (Wildman–Crippen LogP) is 5.36. The molecule has 0 aliphatic heterocycles. The lowest BCUT2D eigenvalue weighted by Gasteiger charge is -2.08. The number of halogens is 3. The zero-order valence-electron chi connectivity index (χ0n) is 11.4. The molecule has 2 nitrogen and oxygen atoms in total. The van der Waals surface area contributed by atoms with E-state index in [1.807, 2.05) is 26.0 Å². The summed E-state index contributed by atoms with van der Waals surface area (Å²) < 4.78 is 13.9. The van der Waals surface area contributed by atoms with E-state index in [2.05, 4.69) is 9.97 Å². The van der Waals surface area contributed by atoms with E-state index in [4.69, 9.17) is 23.2 Å². The second kappa shape index (κ2) is 5.24. The molecule has 0 atom stereocenters. The van der Waals surface area contributed by atoms with Crippen molar-refractivity contribution in [3.63, 3.8) is 0 Å². The zero-order valence-corrected chi connectivity index (χ0v) is 12.9. The quantitative estimate of drug-likeness (QED) is 0.564. The molecule has 106 valence electrons. The third kappa shape index (κ3) is 2.59. The van der Waals surface area contributed by atoms with Gasteiger partial charge in [-0.3, -0.25) is 0 Å². The van der Waals surface area contributed by atoms with E-state index in [0.717, 1.165) is 16.7 Å². The number of hydrogen-bond acceptors (Lipinski definition) is 2. The molecule has 0 unspecified atom stereocenters. The molecule has 3 aromatic rings. The van der Waals surface area contributed by atoms with Crippen LogP contribution >= 0.6 is 23.2 Å². The fourth-order valence-corrected chi connectivity index (χ4v) is 2.83. The summed E-state index contributed by atoms with van der Waals surface area (Å²) in [5, 5.41) is 0.953. The fraction of sp³-hybridized carbons (Fsp3) is 0.125. The molecule has 0 N–H and O–H groups in total. The largest absolute Gasteiger partial charge is 0.228 e. The van der Waals surface area contributed by atoms with E-state index < -0.39 is 5.82 Å². The van der Waals surface area contributed by atoms with E-state index >= 15 is 0 Å². The Morgan fingerprint density at radius 3 is 2.48 bits per heavy atom. The Hall–Kier alpha value is -1.71. The molecule has 21 heavy (non-hydrogen) atoms.